The molecule has 1 aliphatic rings. The summed E-state index contributed by atoms with van der Waals surface area (Å²) in [6.07, 6.45) is 0.415. The molecule has 1 aromatic rings. The van der Waals surface area contributed by atoms with Crippen LogP contribution in [-0.2, 0) is 29.9 Å². The van der Waals surface area contributed by atoms with Gasteiger partial charge in [0, 0.05) is 16.7 Å². The van der Waals surface area contributed by atoms with Crippen LogP contribution in [0.2, 0.25) is 0 Å². The standard InChI is InChI=1S/C13H17NO5S3/c15-12(14-10-3-5-22(17,18)9-10)6-19-13(16)8-20-7-11-2-1-4-21-11/h1-2,4,10H,3,5-9H2,(H,14,15)/t10-/m0/s1. The molecule has 9 heteroatoms. The lowest BCUT2D eigenvalue weighted by Gasteiger charge is -2.10. The first-order valence-corrected chi connectivity index (χ1v) is 10.6. The SMILES string of the molecule is O=C(COC(=O)CSCc1cccs1)N[C@H]1CCS(=O)(=O)C1. The molecule has 0 bridgehead atoms. The molecule has 1 N–H and O–H groups in total. The van der Waals surface area contributed by atoms with Gasteiger partial charge in [-0.1, -0.05) is 6.07 Å². The molecule has 1 saturated heterocycles. The van der Waals surface area contributed by atoms with E-state index in [1.807, 2.05) is 17.5 Å². The second-order valence-corrected chi connectivity index (χ2v) is 9.15. The first kappa shape index (κ1) is 17.3. The number of ether oxygens (including phenoxy) is 1. The van der Waals surface area contributed by atoms with E-state index < -0.39 is 21.7 Å². The number of amides is 1. The molecule has 2 heterocycles. The molecule has 0 aliphatic carbocycles. The number of hydrogen-bond donors (Lipinski definition) is 1. The van der Waals surface area contributed by atoms with Crippen LogP contribution in [0.3, 0.4) is 0 Å². The van der Waals surface area contributed by atoms with E-state index in [0.29, 0.717) is 6.42 Å². The summed E-state index contributed by atoms with van der Waals surface area (Å²) in [5.41, 5.74) is 0. The highest BCUT2D eigenvalue weighted by Crippen LogP contribution is 2.17. The van der Waals surface area contributed by atoms with Gasteiger partial charge in [-0.05, 0) is 17.9 Å². The Balaban J connectivity index is 1.58. The summed E-state index contributed by atoms with van der Waals surface area (Å²) in [5.74, 6) is 0.0666. The maximum absolute atomic E-state index is 11.6. The topological polar surface area (TPSA) is 89.5 Å². The molecule has 2 rings (SSSR count). The second kappa shape index (κ2) is 7.98. The number of carbonyl (C=O) groups is 2. The fourth-order valence-corrected chi connectivity index (χ4v) is 5.33. The van der Waals surface area contributed by atoms with Gasteiger partial charge in [-0.15, -0.1) is 23.1 Å². The Kier molecular flexibility index (Phi) is 6.27. The molecule has 0 unspecified atom stereocenters. The number of nitrogens with one attached hydrogen (secondary N) is 1. The predicted octanol–water partition coefficient (Wildman–Crippen LogP) is 0.828. The zero-order valence-corrected chi connectivity index (χ0v) is 14.3. The summed E-state index contributed by atoms with van der Waals surface area (Å²) in [6, 6.07) is 3.57. The van der Waals surface area contributed by atoms with Crippen LogP contribution in [0.4, 0.5) is 0 Å². The number of thiophene rings is 1. The molecule has 1 atom stereocenters. The fourth-order valence-electron chi connectivity index (χ4n) is 2.00. The molecular formula is C13H17NO5S3. The van der Waals surface area contributed by atoms with E-state index in [9.17, 15) is 18.0 Å². The van der Waals surface area contributed by atoms with Crippen LogP contribution in [0, 0.1) is 0 Å². The van der Waals surface area contributed by atoms with Crippen molar-refractivity contribution in [3.05, 3.63) is 22.4 Å². The van der Waals surface area contributed by atoms with E-state index in [1.54, 1.807) is 11.3 Å². The van der Waals surface area contributed by atoms with Gasteiger partial charge in [-0.25, -0.2) is 8.42 Å². The smallest absolute Gasteiger partial charge is 0.316 e. The third-order valence-electron chi connectivity index (χ3n) is 3.01. The van der Waals surface area contributed by atoms with Gasteiger partial charge in [0.1, 0.15) is 0 Å². The van der Waals surface area contributed by atoms with Crippen LogP contribution in [0.5, 0.6) is 0 Å². The van der Waals surface area contributed by atoms with E-state index in [-0.39, 0.29) is 29.9 Å². The zero-order valence-electron chi connectivity index (χ0n) is 11.8. The molecule has 1 aliphatic heterocycles. The van der Waals surface area contributed by atoms with Crippen molar-refractivity contribution in [1.82, 2.24) is 5.32 Å². The van der Waals surface area contributed by atoms with Crippen molar-refractivity contribution in [3.63, 3.8) is 0 Å². The number of hydrogen-bond acceptors (Lipinski definition) is 7. The molecule has 0 spiro atoms. The van der Waals surface area contributed by atoms with Crippen molar-refractivity contribution in [2.45, 2.75) is 18.2 Å². The highest BCUT2D eigenvalue weighted by Gasteiger charge is 2.28. The maximum atomic E-state index is 11.6. The Bertz CT molecular complexity index is 612. The number of rotatable bonds is 7. The van der Waals surface area contributed by atoms with Gasteiger partial charge >= 0.3 is 5.97 Å². The predicted molar refractivity (Wildman–Crippen MR) is 86.6 cm³/mol. The van der Waals surface area contributed by atoms with E-state index >= 15 is 0 Å². The van der Waals surface area contributed by atoms with Crippen LogP contribution >= 0.6 is 23.1 Å². The first-order valence-electron chi connectivity index (χ1n) is 6.70. The minimum absolute atomic E-state index is 0.0383. The Labute approximate surface area is 137 Å². The highest BCUT2D eigenvalue weighted by atomic mass is 32.2. The molecule has 22 heavy (non-hydrogen) atoms. The van der Waals surface area contributed by atoms with Crippen LogP contribution in [0.1, 0.15) is 11.3 Å². The summed E-state index contributed by atoms with van der Waals surface area (Å²) in [7, 11) is -3.03. The Morgan fingerprint density at radius 1 is 1.45 bits per heavy atom. The average Bonchev–Trinajstić information content (AvgIpc) is 3.06. The normalized spacial score (nSPS) is 19.7. The molecular weight excluding hydrogens is 346 g/mol. The molecule has 1 fully saturated rings. The van der Waals surface area contributed by atoms with Crippen LogP contribution in [-0.4, -0.2) is 50.2 Å². The lowest BCUT2D eigenvalue weighted by molar-refractivity contribution is -0.146. The lowest BCUT2D eigenvalue weighted by Crippen LogP contribution is -2.38. The van der Waals surface area contributed by atoms with Gasteiger partial charge in [0.2, 0.25) is 0 Å². The minimum Gasteiger partial charge on any atom is -0.455 e. The van der Waals surface area contributed by atoms with Gasteiger partial charge in [-0.3, -0.25) is 9.59 Å². The van der Waals surface area contributed by atoms with Crippen LogP contribution < -0.4 is 5.32 Å². The molecule has 0 radical (unpaired) electrons. The van der Waals surface area contributed by atoms with E-state index in [0.717, 1.165) is 5.75 Å². The molecule has 0 saturated carbocycles. The molecule has 122 valence electrons. The molecule has 1 amide bonds. The van der Waals surface area contributed by atoms with Crippen molar-refractivity contribution in [1.29, 1.82) is 0 Å². The number of esters is 1. The number of sulfone groups is 1. The Morgan fingerprint density at radius 3 is 2.91 bits per heavy atom. The summed E-state index contributed by atoms with van der Waals surface area (Å²) in [5, 5.41) is 4.54. The average molecular weight is 363 g/mol. The third-order valence-corrected chi connectivity index (χ3v) is 6.79. The van der Waals surface area contributed by atoms with Crippen molar-refractivity contribution in [2.75, 3.05) is 23.9 Å². The largest absolute Gasteiger partial charge is 0.455 e. The lowest BCUT2D eigenvalue weighted by atomic mass is 10.2. The summed E-state index contributed by atoms with van der Waals surface area (Å²) >= 11 is 3.05. The van der Waals surface area contributed by atoms with Crippen molar-refractivity contribution in [2.24, 2.45) is 0 Å². The van der Waals surface area contributed by atoms with E-state index in [1.165, 1.54) is 16.6 Å². The maximum Gasteiger partial charge on any atom is 0.316 e. The van der Waals surface area contributed by atoms with Gasteiger partial charge in [-0.2, -0.15) is 0 Å². The van der Waals surface area contributed by atoms with Gasteiger partial charge in [0.15, 0.2) is 16.4 Å². The zero-order chi connectivity index (χ0) is 16.0. The Morgan fingerprint density at radius 2 is 2.27 bits per heavy atom. The van der Waals surface area contributed by atoms with Gasteiger partial charge < -0.3 is 10.1 Å². The van der Waals surface area contributed by atoms with E-state index in [4.69, 9.17) is 4.74 Å². The van der Waals surface area contributed by atoms with Crippen molar-refractivity contribution >= 4 is 44.8 Å². The Hall–Kier alpha value is -1.06. The monoisotopic (exact) mass is 363 g/mol. The first-order chi connectivity index (χ1) is 10.4. The molecule has 6 nitrogen and oxygen atoms in total. The van der Waals surface area contributed by atoms with Crippen molar-refractivity contribution < 1.29 is 22.7 Å². The summed E-state index contributed by atoms with van der Waals surface area (Å²) in [4.78, 5) is 24.3. The summed E-state index contributed by atoms with van der Waals surface area (Å²) < 4.78 is 27.4. The summed E-state index contributed by atoms with van der Waals surface area (Å²) in [6.45, 7) is -0.366. The number of thioether (sulfide) groups is 1. The van der Waals surface area contributed by atoms with Crippen molar-refractivity contribution in [3.8, 4) is 0 Å². The molecule has 0 aromatic carbocycles. The van der Waals surface area contributed by atoms with E-state index in [2.05, 4.69) is 5.32 Å². The van der Waals surface area contributed by atoms with Gasteiger partial charge in [0.05, 0.1) is 17.3 Å². The number of carbonyl (C=O) groups excluding carboxylic acids is 2. The van der Waals surface area contributed by atoms with Crippen LogP contribution in [0.25, 0.3) is 0 Å². The second-order valence-electron chi connectivity index (χ2n) is 4.90. The molecule has 1 aromatic heterocycles. The fraction of sp³-hybridized carbons (Fsp3) is 0.538. The minimum atomic E-state index is -3.03. The quantitative estimate of drug-likeness (QED) is 0.722. The van der Waals surface area contributed by atoms with Gasteiger partial charge in [0.25, 0.3) is 5.91 Å². The van der Waals surface area contributed by atoms with Crippen LogP contribution in [0.15, 0.2) is 17.5 Å². The highest BCUT2D eigenvalue weighted by molar-refractivity contribution is 7.99. The third kappa shape index (κ3) is 5.98.